The van der Waals surface area contributed by atoms with Crippen LogP contribution in [0.25, 0.3) is 6.08 Å². The molecular formula is C22H26FN5O. The highest BCUT2D eigenvalue weighted by Gasteiger charge is 2.22. The predicted octanol–water partition coefficient (Wildman–Crippen LogP) is 2.97. The number of halogens is 1. The zero-order chi connectivity index (χ0) is 20.1. The molecule has 0 bridgehead atoms. The number of benzene rings is 1. The summed E-state index contributed by atoms with van der Waals surface area (Å²) in [5.74, 6) is 1.48. The van der Waals surface area contributed by atoms with Gasteiger partial charge >= 0.3 is 0 Å². The minimum absolute atomic E-state index is 0.0930. The number of carbonyl (C=O) groups excluding carboxylic acids is 1. The summed E-state index contributed by atoms with van der Waals surface area (Å²) in [5.41, 5.74) is 0.422. The summed E-state index contributed by atoms with van der Waals surface area (Å²) in [5, 5.41) is 0. The third-order valence-electron chi connectivity index (χ3n) is 5.54. The molecule has 2 fully saturated rings. The van der Waals surface area contributed by atoms with Crippen molar-refractivity contribution in [2.45, 2.75) is 19.3 Å². The lowest BCUT2D eigenvalue weighted by Crippen LogP contribution is -2.48. The fourth-order valence-electron chi connectivity index (χ4n) is 3.84. The number of nitrogens with zero attached hydrogens (tertiary/aromatic N) is 5. The van der Waals surface area contributed by atoms with Crippen LogP contribution in [0.4, 0.5) is 16.0 Å². The summed E-state index contributed by atoms with van der Waals surface area (Å²) in [6.07, 6.45) is 8.33. The Hall–Kier alpha value is -2.96. The lowest BCUT2D eigenvalue weighted by atomic mass is 10.1. The van der Waals surface area contributed by atoms with Crippen LogP contribution in [-0.2, 0) is 4.79 Å². The molecular weight excluding hydrogens is 369 g/mol. The zero-order valence-electron chi connectivity index (χ0n) is 16.5. The molecule has 2 aromatic rings. The van der Waals surface area contributed by atoms with Crippen LogP contribution >= 0.6 is 0 Å². The Bertz CT molecular complexity index is 873. The van der Waals surface area contributed by atoms with E-state index in [0.717, 1.165) is 37.8 Å². The van der Waals surface area contributed by atoms with Crippen molar-refractivity contribution in [2.24, 2.45) is 0 Å². The molecule has 0 unspecified atom stereocenters. The first kappa shape index (κ1) is 19.4. The fourth-order valence-corrected chi connectivity index (χ4v) is 3.84. The summed E-state index contributed by atoms with van der Waals surface area (Å²) >= 11 is 0. The smallest absolute Gasteiger partial charge is 0.246 e. The molecule has 2 aliphatic heterocycles. The summed E-state index contributed by atoms with van der Waals surface area (Å²) in [6, 6.07) is 8.50. The van der Waals surface area contributed by atoms with Crippen LogP contribution in [0.15, 0.2) is 42.7 Å². The van der Waals surface area contributed by atoms with E-state index in [0.29, 0.717) is 18.7 Å². The molecule has 0 atom stereocenters. The van der Waals surface area contributed by atoms with Gasteiger partial charge in [-0.15, -0.1) is 0 Å². The van der Waals surface area contributed by atoms with E-state index in [1.165, 1.54) is 31.4 Å². The molecule has 1 aromatic heterocycles. The number of piperidine rings is 1. The van der Waals surface area contributed by atoms with Gasteiger partial charge in [0.1, 0.15) is 23.8 Å². The Balaban J connectivity index is 1.34. The first-order valence-corrected chi connectivity index (χ1v) is 10.2. The average molecular weight is 395 g/mol. The van der Waals surface area contributed by atoms with Crippen molar-refractivity contribution >= 4 is 23.6 Å². The largest absolute Gasteiger partial charge is 0.356 e. The van der Waals surface area contributed by atoms with Gasteiger partial charge in [0.05, 0.1) is 0 Å². The average Bonchev–Trinajstić information content (AvgIpc) is 2.79. The van der Waals surface area contributed by atoms with Gasteiger partial charge in [0.15, 0.2) is 0 Å². The standard InChI is InChI=1S/C22H26FN5O/c23-19-7-3-2-6-18(19)8-9-22(29)28-14-12-27(13-15-28)21-16-20(24-17-25-21)26-10-4-1-5-11-26/h2-3,6-9,16-17H,1,4-5,10-15H2/b9-8+. The number of piperazine rings is 1. The molecule has 2 aliphatic rings. The second kappa shape index (κ2) is 9.03. The fraction of sp³-hybridized carbons (Fsp3) is 0.409. The van der Waals surface area contributed by atoms with Crippen LogP contribution in [0.3, 0.4) is 0 Å². The number of rotatable bonds is 4. The molecule has 29 heavy (non-hydrogen) atoms. The highest BCUT2D eigenvalue weighted by Crippen LogP contribution is 2.22. The first-order chi connectivity index (χ1) is 14.2. The molecule has 1 amide bonds. The SMILES string of the molecule is O=C(/C=C/c1ccccc1F)N1CCN(c2cc(N3CCCCC3)ncn2)CC1. The summed E-state index contributed by atoms with van der Waals surface area (Å²) in [6.45, 7) is 4.76. The Kier molecular flexibility index (Phi) is 6.03. The van der Waals surface area contributed by atoms with Crippen molar-refractivity contribution in [2.75, 3.05) is 49.1 Å². The summed E-state index contributed by atoms with van der Waals surface area (Å²) in [4.78, 5) is 27.6. The maximum absolute atomic E-state index is 13.7. The van der Waals surface area contributed by atoms with Crippen molar-refractivity contribution in [3.63, 3.8) is 0 Å². The number of aromatic nitrogens is 2. The molecule has 0 N–H and O–H groups in total. The molecule has 0 spiro atoms. The molecule has 4 rings (SSSR count). The predicted molar refractivity (Wildman–Crippen MR) is 112 cm³/mol. The lowest BCUT2D eigenvalue weighted by molar-refractivity contribution is -0.126. The molecule has 0 saturated carbocycles. The maximum atomic E-state index is 13.7. The monoisotopic (exact) mass is 395 g/mol. The van der Waals surface area contributed by atoms with E-state index in [1.807, 2.05) is 0 Å². The number of hydrogen-bond donors (Lipinski definition) is 0. The van der Waals surface area contributed by atoms with Crippen molar-refractivity contribution in [1.29, 1.82) is 0 Å². The highest BCUT2D eigenvalue weighted by molar-refractivity contribution is 5.92. The molecule has 6 nitrogen and oxygen atoms in total. The van der Waals surface area contributed by atoms with Crippen molar-refractivity contribution in [3.05, 3.63) is 54.1 Å². The van der Waals surface area contributed by atoms with E-state index in [4.69, 9.17) is 0 Å². The second-order valence-corrected chi connectivity index (χ2v) is 7.45. The molecule has 7 heteroatoms. The van der Waals surface area contributed by atoms with E-state index in [9.17, 15) is 9.18 Å². The minimum atomic E-state index is -0.324. The van der Waals surface area contributed by atoms with Gasteiger partial charge < -0.3 is 14.7 Å². The quantitative estimate of drug-likeness (QED) is 0.745. The van der Waals surface area contributed by atoms with Gasteiger partial charge in [0.25, 0.3) is 0 Å². The van der Waals surface area contributed by atoms with Crippen molar-refractivity contribution in [1.82, 2.24) is 14.9 Å². The van der Waals surface area contributed by atoms with E-state index in [2.05, 4.69) is 25.8 Å². The van der Waals surface area contributed by atoms with Gasteiger partial charge in [-0.25, -0.2) is 14.4 Å². The third kappa shape index (κ3) is 4.72. The number of anilines is 2. The van der Waals surface area contributed by atoms with Crippen LogP contribution in [0.1, 0.15) is 24.8 Å². The van der Waals surface area contributed by atoms with E-state index < -0.39 is 0 Å². The van der Waals surface area contributed by atoms with Crippen LogP contribution in [0, 0.1) is 5.82 Å². The van der Waals surface area contributed by atoms with E-state index >= 15 is 0 Å². The van der Waals surface area contributed by atoms with Crippen molar-refractivity contribution in [3.8, 4) is 0 Å². The maximum Gasteiger partial charge on any atom is 0.246 e. The Labute approximate surface area is 170 Å². The van der Waals surface area contributed by atoms with Gasteiger partial charge in [0, 0.05) is 57.0 Å². The first-order valence-electron chi connectivity index (χ1n) is 10.2. The van der Waals surface area contributed by atoms with E-state index in [-0.39, 0.29) is 11.7 Å². The highest BCUT2D eigenvalue weighted by atomic mass is 19.1. The van der Waals surface area contributed by atoms with Crippen LogP contribution < -0.4 is 9.80 Å². The zero-order valence-corrected chi connectivity index (χ0v) is 16.5. The number of hydrogen-bond acceptors (Lipinski definition) is 5. The van der Waals surface area contributed by atoms with Crippen LogP contribution in [0.5, 0.6) is 0 Å². The van der Waals surface area contributed by atoms with Gasteiger partial charge in [-0.3, -0.25) is 4.79 Å². The molecule has 3 heterocycles. The Morgan fingerprint density at radius 2 is 1.55 bits per heavy atom. The van der Waals surface area contributed by atoms with Crippen LogP contribution in [0.2, 0.25) is 0 Å². The third-order valence-corrected chi connectivity index (χ3v) is 5.54. The van der Waals surface area contributed by atoms with Gasteiger partial charge in [-0.2, -0.15) is 0 Å². The topological polar surface area (TPSA) is 52.6 Å². The molecule has 0 aliphatic carbocycles. The Morgan fingerprint density at radius 3 is 2.24 bits per heavy atom. The molecule has 1 aromatic carbocycles. The van der Waals surface area contributed by atoms with Gasteiger partial charge in [-0.05, 0) is 31.4 Å². The van der Waals surface area contributed by atoms with E-state index in [1.54, 1.807) is 35.5 Å². The summed E-state index contributed by atoms with van der Waals surface area (Å²) in [7, 11) is 0. The molecule has 0 radical (unpaired) electrons. The van der Waals surface area contributed by atoms with Gasteiger partial charge in [-0.1, -0.05) is 18.2 Å². The molecule has 152 valence electrons. The van der Waals surface area contributed by atoms with Crippen molar-refractivity contribution < 1.29 is 9.18 Å². The lowest BCUT2D eigenvalue weighted by Gasteiger charge is -2.35. The minimum Gasteiger partial charge on any atom is -0.356 e. The molecule has 2 saturated heterocycles. The normalized spacial score (nSPS) is 17.8. The number of amides is 1. The number of carbonyl (C=O) groups is 1. The van der Waals surface area contributed by atoms with Crippen LogP contribution in [-0.4, -0.2) is 60.0 Å². The second-order valence-electron chi connectivity index (χ2n) is 7.45. The Morgan fingerprint density at radius 1 is 0.897 bits per heavy atom. The summed E-state index contributed by atoms with van der Waals surface area (Å²) < 4.78 is 13.7. The van der Waals surface area contributed by atoms with Gasteiger partial charge in [0.2, 0.25) is 5.91 Å².